The molecule has 5 heteroatoms. The predicted octanol–water partition coefficient (Wildman–Crippen LogP) is 3.08. The first-order valence-corrected chi connectivity index (χ1v) is 7.60. The smallest absolute Gasteiger partial charge is 0.162 e. The van der Waals surface area contributed by atoms with Crippen LogP contribution in [0.25, 0.3) is 0 Å². The molecule has 112 valence electrons. The van der Waals surface area contributed by atoms with E-state index in [4.69, 9.17) is 15.6 Å². The molecule has 1 aliphatic carbocycles. The molecule has 0 radical (unpaired) electrons. The molecule has 0 spiro atoms. The molecule has 1 aliphatic rings. The molecule has 0 aliphatic heterocycles. The Kier molecular flexibility index (Phi) is 4.94. The molecule has 0 saturated heterocycles. The third kappa shape index (κ3) is 2.79. The van der Waals surface area contributed by atoms with Crippen molar-refractivity contribution in [2.24, 2.45) is 5.84 Å². The van der Waals surface area contributed by atoms with Crippen molar-refractivity contribution in [1.29, 1.82) is 0 Å². The topological polar surface area (TPSA) is 73.1 Å². The first-order chi connectivity index (χ1) is 9.69. The maximum Gasteiger partial charge on any atom is 0.162 e. The highest BCUT2D eigenvalue weighted by molar-refractivity contribution is 5.36. The Hall–Kier alpha value is -1.20. The number of ether oxygens (including phenoxy) is 1. The van der Waals surface area contributed by atoms with E-state index in [0.29, 0.717) is 11.7 Å². The second-order valence-corrected chi connectivity index (χ2v) is 5.53. The molecule has 1 saturated carbocycles. The van der Waals surface area contributed by atoms with Gasteiger partial charge in [-0.3, -0.25) is 0 Å². The van der Waals surface area contributed by atoms with Gasteiger partial charge in [-0.15, -0.1) is 0 Å². The lowest BCUT2D eigenvalue weighted by atomic mass is 9.95. The zero-order valence-corrected chi connectivity index (χ0v) is 12.8. The quantitative estimate of drug-likeness (QED) is 0.618. The molecular formula is C15H26N4O. The van der Waals surface area contributed by atoms with Gasteiger partial charge in [0, 0.05) is 24.8 Å². The zero-order chi connectivity index (χ0) is 14.6. The number of hydrogen-bond donors (Lipinski definition) is 2. The maximum absolute atomic E-state index is 5.75. The Morgan fingerprint density at radius 3 is 2.45 bits per heavy atom. The number of nitrogens with two attached hydrogens (primary N) is 1. The van der Waals surface area contributed by atoms with Gasteiger partial charge in [-0.2, -0.15) is 0 Å². The number of rotatable bonds is 6. The van der Waals surface area contributed by atoms with Crippen LogP contribution in [-0.4, -0.2) is 17.1 Å². The molecule has 1 fully saturated rings. The number of nitrogens with zero attached hydrogens (tertiary/aromatic N) is 2. The summed E-state index contributed by atoms with van der Waals surface area (Å²) in [5.74, 6) is 7.54. The van der Waals surface area contributed by atoms with Crippen molar-refractivity contribution >= 4 is 5.82 Å². The normalized spacial score (nSPS) is 16.6. The number of nitrogen functional groups attached to an aromatic ring is 1. The van der Waals surface area contributed by atoms with E-state index >= 15 is 0 Å². The highest BCUT2D eigenvalue weighted by Gasteiger charge is 2.33. The summed E-state index contributed by atoms with van der Waals surface area (Å²) >= 11 is 0. The van der Waals surface area contributed by atoms with E-state index in [1.165, 1.54) is 25.7 Å². The summed E-state index contributed by atoms with van der Waals surface area (Å²) in [5, 5.41) is 0. The van der Waals surface area contributed by atoms with E-state index in [2.05, 4.69) is 24.3 Å². The number of methoxy groups -OCH3 is 1. The molecule has 1 aromatic rings. The van der Waals surface area contributed by atoms with Gasteiger partial charge in [-0.05, 0) is 25.7 Å². The zero-order valence-electron chi connectivity index (χ0n) is 12.8. The van der Waals surface area contributed by atoms with Crippen molar-refractivity contribution in [3.63, 3.8) is 0 Å². The van der Waals surface area contributed by atoms with E-state index in [1.54, 1.807) is 7.11 Å². The SMILES string of the molecule is CCC(CC)(OC)c1nc(NN)cc(C2CCCC2)n1. The molecule has 0 amide bonds. The Morgan fingerprint density at radius 1 is 1.30 bits per heavy atom. The minimum Gasteiger partial charge on any atom is -0.370 e. The predicted molar refractivity (Wildman–Crippen MR) is 80.3 cm³/mol. The minimum atomic E-state index is -0.416. The van der Waals surface area contributed by atoms with Crippen LogP contribution in [0.3, 0.4) is 0 Å². The molecule has 3 N–H and O–H groups in total. The molecule has 0 bridgehead atoms. The average molecular weight is 278 g/mol. The summed E-state index contributed by atoms with van der Waals surface area (Å²) in [5.41, 5.74) is 3.35. The van der Waals surface area contributed by atoms with Crippen molar-refractivity contribution < 1.29 is 4.74 Å². The largest absolute Gasteiger partial charge is 0.370 e. The second-order valence-electron chi connectivity index (χ2n) is 5.53. The van der Waals surface area contributed by atoms with Crippen molar-refractivity contribution in [1.82, 2.24) is 9.97 Å². The van der Waals surface area contributed by atoms with Gasteiger partial charge in [0.1, 0.15) is 11.4 Å². The van der Waals surface area contributed by atoms with Gasteiger partial charge < -0.3 is 10.2 Å². The summed E-state index contributed by atoms with van der Waals surface area (Å²) in [6.45, 7) is 4.21. The van der Waals surface area contributed by atoms with Gasteiger partial charge in [0.2, 0.25) is 0 Å². The number of nitrogens with one attached hydrogen (secondary N) is 1. The second kappa shape index (κ2) is 6.50. The van der Waals surface area contributed by atoms with Gasteiger partial charge in [0.25, 0.3) is 0 Å². The molecule has 20 heavy (non-hydrogen) atoms. The lowest BCUT2D eigenvalue weighted by Gasteiger charge is -2.29. The molecule has 0 atom stereocenters. The first kappa shape index (κ1) is 15.2. The molecule has 0 aromatic carbocycles. The number of anilines is 1. The van der Waals surface area contributed by atoms with E-state index in [1.807, 2.05) is 6.07 Å². The molecule has 2 rings (SSSR count). The van der Waals surface area contributed by atoms with Crippen LogP contribution in [0.1, 0.15) is 69.8 Å². The standard InChI is InChI=1S/C15H26N4O/c1-4-15(5-2,20-3)14-17-12(10-13(18-14)19-16)11-8-6-7-9-11/h10-11H,4-9,16H2,1-3H3,(H,17,18,19). The fraction of sp³-hybridized carbons (Fsp3) is 0.733. The van der Waals surface area contributed by atoms with Gasteiger partial charge in [-0.1, -0.05) is 26.7 Å². The van der Waals surface area contributed by atoms with E-state index in [0.717, 1.165) is 24.4 Å². The highest BCUT2D eigenvalue weighted by Crippen LogP contribution is 2.36. The summed E-state index contributed by atoms with van der Waals surface area (Å²) < 4.78 is 5.75. The summed E-state index contributed by atoms with van der Waals surface area (Å²) in [6, 6.07) is 1.98. The van der Waals surface area contributed by atoms with E-state index in [9.17, 15) is 0 Å². The van der Waals surface area contributed by atoms with Crippen molar-refractivity contribution in [3.05, 3.63) is 17.6 Å². The van der Waals surface area contributed by atoms with Crippen molar-refractivity contribution in [3.8, 4) is 0 Å². The average Bonchev–Trinajstić information content (AvgIpc) is 3.04. The summed E-state index contributed by atoms with van der Waals surface area (Å²) in [6.07, 6.45) is 6.67. The third-order valence-corrected chi connectivity index (χ3v) is 4.61. The molecular weight excluding hydrogens is 252 g/mol. The number of hydrazine groups is 1. The van der Waals surface area contributed by atoms with Crippen LogP contribution in [0.5, 0.6) is 0 Å². The highest BCUT2D eigenvalue weighted by atomic mass is 16.5. The van der Waals surface area contributed by atoms with Gasteiger partial charge in [0.05, 0.1) is 0 Å². The van der Waals surface area contributed by atoms with Crippen LogP contribution in [-0.2, 0) is 10.3 Å². The van der Waals surface area contributed by atoms with Crippen molar-refractivity contribution in [2.75, 3.05) is 12.5 Å². The fourth-order valence-electron chi connectivity index (χ4n) is 3.12. The van der Waals surface area contributed by atoms with Gasteiger partial charge >= 0.3 is 0 Å². The van der Waals surface area contributed by atoms with Crippen LogP contribution in [0.2, 0.25) is 0 Å². The van der Waals surface area contributed by atoms with Crippen LogP contribution < -0.4 is 11.3 Å². The van der Waals surface area contributed by atoms with Gasteiger partial charge in [-0.25, -0.2) is 15.8 Å². The van der Waals surface area contributed by atoms with Gasteiger partial charge in [0.15, 0.2) is 5.82 Å². The maximum atomic E-state index is 5.75. The third-order valence-electron chi connectivity index (χ3n) is 4.61. The number of aromatic nitrogens is 2. The summed E-state index contributed by atoms with van der Waals surface area (Å²) in [7, 11) is 1.73. The van der Waals surface area contributed by atoms with Crippen molar-refractivity contribution in [2.45, 2.75) is 63.9 Å². The lowest BCUT2D eigenvalue weighted by molar-refractivity contribution is -0.0292. The monoisotopic (exact) mass is 278 g/mol. The molecule has 1 aromatic heterocycles. The van der Waals surface area contributed by atoms with E-state index < -0.39 is 5.60 Å². The molecule has 0 unspecified atom stereocenters. The summed E-state index contributed by atoms with van der Waals surface area (Å²) in [4.78, 5) is 9.35. The van der Waals surface area contributed by atoms with Crippen LogP contribution >= 0.6 is 0 Å². The van der Waals surface area contributed by atoms with Crippen LogP contribution in [0.15, 0.2) is 6.07 Å². The Bertz CT molecular complexity index is 431. The Morgan fingerprint density at radius 2 is 1.95 bits per heavy atom. The Balaban J connectivity index is 2.43. The minimum absolute atomic E-state index is 0.416. The Labute approximate surface area is 121 Å². The fourth-order valence-corrected chi connectivity index (χ4v) is 3.12. The van der Waals surface area contributed by atoms with Crippen LogP contribution in [0, 0.1) is 0 Å². The first-order valence-electron chi connectivity index (χ1n) is 7.60. The molecule has 5 nitrogen and oxygen atoms in total. The van der Waals surface area contributed by atoms with E-state index in [-0.39, 0.29) is 0 Å². The van der Waals surface area contributed by atoms with Crippen LogP contribution in [0.4, 0.5) is 5.82 Å². The molecule has 1 heterocycles. The lowest BCUT2D eigenvalue weighted by Crippen LogP contribution is -2.30. The number of hydrogen-bond acceptors (Lipinski definition) is 5.